The number of aromatic nitrogens is 1. The van der Waals surface area contributed by atoms with Gasteiger partial charge in [0.05, 0.1) is 5.02 Å². The average molecular weight is 485 g/mol. The molecule has 3 heterocycles. The van der Waals surface area contributed by atoms with Crippen LogP contribution in [0.2, 0.25) is 5.02 Å². The van der Waals surface area contributed by atoms with Crippen LogP contribution in [0.1, 0.15) is 36.2 Å². The predicted octanol–water partition coefficient (Wildman–Crippen LogP) is 4.29. The molecule has 178 valence electrons. The smallest absolute Gasteiger partial charge is 0.328 e. The molecule has 2 aromatic carbocycles. The third-order valence-corrected chi connectivity index (χ3v) is 7.17. The number of carbonyl (C=O) groups is 2. The monoisotopic (exact) mass is 484 g/mol. The van der Waals surface area contributed by atoms with Crippen molar-refractivity contribution in [1.29, 1.82) is 0 Å². The molecule has 9 heteroatoms. The molecule has 2 aliphatic rings. The lowest BCUT2D eigenvalue weighted by molar-refractivity contribution is -0.133. The number of nitrogens with zero attached hydrogens (tertiary/aromatic N) is 3. The Balaban J connectivity index is 1.68. The summed E-state index contributed by atoms with van der Waals surface area (Å²) in [4.78, 5) is 35.6. The molecule has 2 N–H and O–H groups in total. The highest BCUT2D eigenvalue weighted by atomic mass is 35.5. The Hall–Kier alpha value is -3.10. The maximum absolute atomic E-state index is 14.2. The van der Waals surface area contributed by atoms with Gasteiger partial charge in [0, 0.05) is 29.6 Å². The maximum Gasteiger partial charge on any atom is 0.328 e. The summed E-state index contributed by atoms with van der Waals surface area (Å²) in [6.07, 6.45) is 0.933. The van der Waals surface area contributed by atoms with E-state index in [0.717, 1.165) is 17.5 Å². The Morgan fingerprint density at radius 1 is 1.26 bits per heavy atom. The fourth-order valence-electron chi connectivity index (χ4n) is 5.29. The summed E-state index contributed by atoms with van der Waals surface area (Å²) in [7, 11) is 3.89. The maximum atomic E-state index is 14.2. The van der Waals surface area contributed by atoms with E-state index in [0.29, 0.717) is 29.7 Å². The fourth-order valence-corrected chi connectivity index (χ4v) is 5.46. The summed E-state index contributed by atoms with van der Waals surface area (Å²) < 4.78 is 14.2. The zero-order valence-corrected chi connectivity index (χ0v) is 20.0. The Morgan fingerprint density at radius 2 is 2.03 bits per heavy atom. The lowest BCUT2D eigenvalue weighted by atomic mass is 9.81. The van der Waals surface area contributed by atoms with Crippen LogP contribution in [0.3, 0.4) is 0 Å². The lowest BCUT2D eigenvalue weighted by Gasteiger charge is -2.42. The normalized spacial score (nSPS) is 22.1. The van der Waals surface area contributed by atoms with E-state index in [1.165, 1.54) is 11.0 Å². The van der Waals surface area contributed by atoms with Gasteiger partial charge in [0.15, 0.2) is 0 Å². The van der Waals surface area contributed by atoms with Gasteiger partial charge in [0.1, 0.15) is 23.1 Å². The van der Waals surface area contributed by atoms with Crippen LogP contribution in [-0.4, -0.2) is 69.5 Å². The second-order valence-corrected chi connectivity index (χ2v) is 9.95. The van der Waals surface area contributed by atoms with E-state index in [2.05, 4.69) is 4.98 Å². The zero-order chi connectivity index (χ0) is 24.4. The van der Waals surface area contributed by atoms with Crippen LogP contribution < -0.4 is 0 Å². The Labute approximate surface area is 201 Å². The molecule has 3 aromatic rings. The second kappa shape index (κ2) is 7.99. The van der Waals surface area contributed by atoms with Gasteiger partial charge in [-0.1, -0.05) is 23.7 Å². The third kappa shape index (κ3) is 3.35. The molecule has 0 spiro atoms. The second-order valence-electron chi connectivity index (χ2n) is 9.54. The molecule has 2 aliphatic heterocycles. The van der Waals surface area contributed by atoms with Crippen molar-refractivity contribution in [3.8, 4) is 5.75 Å². The first-order chi connectivity index (χ1) is 16.1. The van der Waals surface area contributed by atoms with Gasteiger partial charge >= 0.3 is 6.03 Å². The number of phenols is 1. The molecule has 1 aromatic heterocycles. The number of fused-ring (bicyclic) bond motifs is 4. The highest BCUT2D eigenvalue weighted by Gasteiger charge is 2.60. The Bertz CT molecular complexity index is 1320. The van der Waals surface area contributed by atoms with Crippen LogP contribution in [0.15, 0.2) is 36.4 Å². The molecule has 1 fully saturated rings. The summed E-state index contributed by atoms with van der Waals surface area (Å²) >= 11 is 6.10. The first-order valence-corrected chi connectivity index (χ1v) is 11.6. The van der Waals surface area contributed by atoms with Crippen LogP contribution in [0.4, 0.5) is 9.18 Å². The number of aromatic hydroxyl groups is 1. The van der Waals surface area contributed by atoms with Gasteiger partial charge in [-0.3, -0.25) is 14.6 Å². The van der Waals surface area contributed by atoms with Crippen molar-refractivity contribution in [3.63, 3.8) is 0 Å². The number of aromatic amines is 1. The van der Waals surface area contributed by atoms with Crippen LogP contribution >= 0.6 is 11.6 Å². The minimum absolute atomic E-state index is 0.00470. The number of halogens is 2. The van der Waals surface area contributed by atoms with Gasteiger partial charge in [-0.2, -0.15) is 0 Å². The van der Waals surface area contributed by atoms with E-state index in [1.54, 1.807) is 36.1 Å². The minimum Gasteiger partial charge on any atom is -0.508 e. The van der Waals surface area contributed by atoms with Crippen molar-refractivity contribution in [2.75, 3.05) is 27.2 Å². The number of phenolic OH excluding ortho intramolecular Hbond substituents is 1. The molecule has 7 nitrogen and oxygen atoms in total. The molecule has 0 aliphatic carbocycles. The average Bonchev–Trinajstić information content (AvgIpc) is 3.19. The van der Waals surface area contributed by atoms with Gasteiger partial charge in [0.2, 0.25) is 0 Å². The van der Waals surface area contributed by atoms with E-state index in [-0.39, 0.29) is 29.1 Å². The molecule has 34 heavy (non-hydrogen) atoms. The zero-order valence-electron chi connectivity index (χ0n) is 19.2. The van der Waals surface area contributed by atoms with Crippen LogP contribution in [0.5, 0.6) is 5.75 Å². The van der Waals surface area contributed by atoms with E-state index < -0.39 is 17.4 Å². The van der Waals surface area contributed by atoms with Gasteiger partial charge in [-0.15, -0.1) is 0 Å². The number of H-pyrrole nitrogens is 1. The van der Waals surface area contributed by atoms with E-state index in [9.17, 15) is 19.1 Å². The summed E-state index contributed by atoms with van der Waals surface area (Å²) in [6, 6.07) is 8.52. The van der Waals surface area contributed by atoms with Gasteiger partial charge < -0.3 is 15.0 Å². The summed E-state index contributed by atoms with van der Waals surface area (Å²) in [5, 5.41) is 10.9. The molecule has 0 unspecified atom stereocenters. The van der Waals surface area contributed by atoms with Crippen LogP contribution in [-0.2, 0) is 11.2 Å². The summed E-state index contributed by atoms with van der Waals surface area (Å²) in [6.45, 7) is 2.85. The van der Waals surface area contributed by atoms with E-state index in [4.69, 9.17) is 11.6 Å². The molecular formula is C25H26ClFN4O3. The standard InChI is InChI=1S/C25H26ClFN4O3/c1-25-13-17-16-11-18(26)19(27)12-20(16)28-21(17)22(14-6-4-7-15(32)10-14)31(25)24(34)30(23(25)33)9-5-8-29(2)3/h4,6-7,10-12,22,28,32H,5,8-9,13H2,1-3H3/t22-,25+/m1/s1. The molecule has 0 saturated carbocycles. The lowest BCUT2D eigenvalue weighted by Crippen LogP contribution is -2.53. The van der Waals surface area contributed by atoms with Crippen LogP contribution in [0, 0.1) is 5.82 Å². The van der Waals surface area contributed by atoms with Crippen LogP contribution in [0.25, 0.3) is 10.9 Å². The number of nitrogens with one attached hydrogen (secondary N) is 1. The first kappa shape index (κ1) is 22.7. The largest absolute Gasteiger partial charge is 0.508 e. The topological polar surface area (TPSA) is 79.9 Å². The number of hydrogen-bond donors (Lipinski definition) is 2. The first-order valence-electron chi connectivity index (χ1n) is 11.2. The fraction of sp³-hybridized carbons (Fsp3) is 0.360. The molecule has 3 amide bonds. The van der Waals surface area contributed by atoms with Gasteiger partial charge in [0.25, 0.3) is 5.91 Å². The third-order valence-electron chi connectivity index (χ3n) is 6.88. The van der Waals surface area contributed by atoms with E-state index >= 15 is 0 Å². The number of benzene rings is 2. The molecule has 0 radical (unpaired) electrons. The molecule has 1 saturated heterocycles. The number of urea groups is 1. The predicted molar refractivity (Wildman–Crippen MR) is 127 cm³/mol. The number of carbonyl (C=O) groups excluding carboxylic acids is 2. The molecule has 0 bridgehead atoms. The van der Waals surface area contributed by atoms with Crippen molar-refractivity contribution < 1.29 is 19.1 Å². The quantitative estimate of drug-likeness (QED) is 0.529. The SMILES string of the molecule is CN(C)CCCN1C(=O)N2[C@H](c3cccc(O)c3)c3[nH]c4cc(F)c(Cl)cc4c3C[C@@]2(C)C1=O. The van der Waals surface area contributed by atoms with Crippen molar-refractivity contribution >= 4 is 34.4 Å². The summed E-state index contributed by atoms with van der Waals surface area (Å²) in [5.74, 6) is -0.750. The number of imide groups is 1. The minimum atomic E-state index is -1.13. The Kier molecular flexibility index (Phi) is 5.33. The van der Waals surface area contributed by atoms with Gasteiger partial charge in [-0.25, -0.2) is 9.18 Å². The highest BCUT2D eigenvalue weighted by molar-refractivity contribution is 6.31. The Morgan fingerprint density at radius 3 is 2.74 bits per heavy atom. The van der Waals surface area contributed by atoms with Crippen molar-refractivity contribution in [3.05, 3.63) is 64.1 Å². The number of amides is 3. The molecule has 5 rings (SSSR count). The van der Waals surface area contributed by atoms with Gasteiger partial charge in [-0.05, 0) is 69.4 Å². The molecular weight excluding hydrogens is 459 g/mol. The van der Waals surface area contributed by atoms with Crippen molar-refractivity contribution in [2.24, 2.45) is 0 Å². The van der Waals surface area contributed by atoms with Crippen molar-refractivity contribution in [1.82, 2.24) is 19.7 Å². The molecule has 2 atom stereocenters. The van der Waals surface area contributed by atoms with E-state index in [1.807, 2.05) is 25.1 Å². The number of hydrogen-bond acceptors (Lipinski definition) is 4. The highest BCUT2D eigenvalue weighted by Crippen LogP contribution is 2.49. The summed E-state index contributed by atoms with van der Waals surface area (Å²) in [5.41, 5.74) is 1.58. The van der Waals surface area contributed by atoms with Crippen molar-refractivity contribution in [2.45, 2.75) is 31.3 Å². The number of rotatable bonds is 5.